The number of carboxylic acid groups (broad SMARTS) is 1. The molecule has 2 aromatic carbocycles. The number of rotatable bonds is 7. The maximum Gasteiger partial charge on any atom is 0.341 e. The molecule has 0 spiro atoms. The highest BCUT2D eigenvalue weighted by atomic mass is 35.5. The lowest BCUT2D eigenvalue weighted by Gasteiger charge is -2.42. The van der Waals surface area contributed by atoms with Crippen molar-refractivity contribution >= 4 is 17.6 Å². The van der Waals surface area contributed by atoms with Crippen LogP contribution in [-0.2, 0) is 9.53 Å². The number of aliphatic carboxylic acids is 1. The van der Waals surface area contributed by atoms with Crippen molar-refractivity contribution in [2.75, 3.05) is 6.61 Å². The van der Waals surface area contributed by atoms with Crippen LogP contribution in [0.3, 0.4) is 0 Å². The molecule has 0 unspecified atom stereocenters. The first-order valence-corrected chi connectivity index (χ1v) is 11.9. The van der Waals surface area contributed by atoms with Gasteiger partial charge in [0.1, 0.15) is 5.75 Å². The van der Waals surface area contributed by atoms with Gasteiger partial charge in [-0.2, -0.15) is 0 Å². The van der Waals surface area contributed by atoms with Crippen molar-refractivity contribution in [2.45, 2.75) is 72.0 Å². The van der Waals surface area contributed by atoms with Gasteiger partial charge in [-0.3, -0.25) is 0 Å². The van der Waals surface area contributed by atoms with Gasteiger partial charge in [0.2, 0.25) is 0 Å². The Balaban J connectivity index is 2.00. The van der Waals surface area contributed by atoms with Crippen molar-refractivity contribution in [3.8, 4) is 5.75 Å². The van der Waals surface area contributed by atoms with Crippen LogP contribution in [0.1, 0.15) is 79.9 Å². The van der Waals surface area contributed by atoms with Crippen molar-refractivity contribution in [1.82, 2.24) is 0 Å². The van der Waals surface area contributed by atoms with Crippen LogP contribution in [-0.4, -0.2) is 23.8 Å². The number of hydrogen-bond acceptors (Lipinski definition) is 3. The molecule has 0 aromatic heterocycles. The fraction of sp³-hybridized carbons (Fsp3) is 0.464. The van der Waals surface area contributed by atoms with Crippen LogP contribution in [0.25, 0.3) is 0 Å². The average Bonchev–Trinajstić information content (AvgIpc) is 2.75. The molecule has 1 N–H and O–H groups in total. The standard InChI is InChI=1S/C28H35ClO4/c1-15(2)20-8-10-21(11-9-20)23-13-22(16(3)4)28(33-19(23)7)26-18(6)27(29)17(5)12-24(26)32-14-25(30)31/h8-12,15,19,22-23,28H,3,13-14H2,1-2,4-7H3,(H,30,31)/t19-,22+,23-,28-/m0/s1. The first-order chi connectivity index (χ1) is 15.5. The minimum atomic E-state index is -1.02. The number of hydrogen-bond donors (Lipinski definition) is 1. The number of aryl methyl sites for hydroxylation is 1. The number of benzene rings is 2. The van der Waals surface area contributed by atoms with Crippen molar-refractivity contribution in [3.63, 3.8) is 0 Å². The number of ether oxygens (including phenoxy) is 2. The van der Waals surface area contributed by atoms with Gasteiger partial charge in [-0.15, -0.1) is 0 Å². The van der Waals surface area contributed by atoms with E-state index in [-0.39, 0.29) is 24.0 Å². The lowest BCUT2D eigenvalue weighted by molar-refractivity contribution is -0.139. The summed E-state index contributed by atoms with van der Waals surface area (Å²) in [6, 6.07) is 10.6. The third kappa shape index (κ3) is 5.44. The van der Waals surface area contributed by atoms with E-state index >= 15 is 0 Å². The summed E-state index contributed by atoms with van der Waals surface area (Å²) in [5.74, 6) is 0.255. The summed E-state index contributed by atoms with van der Waals surface area (Å²) in [4.78, 5) is 11.2. The van der Waals surface area contributed by atoms with Crippen LogP contribution in [0.5, 0.6) is 5.75 Å². The zero-order valence-corrected chi connectivity index (χ0v) is 21.2. The molecule has 1 heterocycles. The molecule has 0 aliphatic carbocycles. The molecule has 3 rings (SSSR count). The molecule has 1 aliphatic heterocycles. The van der Waals surface area contributed by atoms with Crippen LogP contribution >= 0.6 is 11.6 Å². The van der Waals surface area contributed by atoms with Gasteiger partial charge >= 0.3 is 5.97 Å². The van der Waals surface area contributed by atoms with Crippen LogP contribution < -0.4 is 4.74 Å². The van der Waals surface area contributed by atoms with Gasteiger partial charge in [0.25, 0.3) is 0 Å². The zero-order chi connectivity index (χ0) is 24.4. The van der Waals surface area contributed by atoms with Crippen LogP contribution in [0.4, 0.5) is 0 Å². The molecule has 1 fully saturated rings. The summed E-state index contributed by atoms with van der Waals surface area (Å²) in [6.45, 7) is 16.2. The smallest absolute Gasteiger partial charge is 0.341 e. The van der Waals surface area contributed by atoms with Gasteiger partial charge in [0, 0.05) is 22.4 Å². The normalized spacial score (nSPS) is 22.9. The van der Waals surface area contributed by atoms with E-state index in [4.69, 9.17) is 26.2 Å². The maximum atomic E-state index is 11.2. The minimum absolute atomic E-state index is 0.0395. The second-order valence-electron chi connectivity index (χ2n) is 9.60. The predicted molar refractivity (Wildman–Crippen MR) is 134 cm³/mol. The summed E-state index contributed by atoms with van der Waals surface area (Å²) in [6.07, 6.45) is 0.527. The fourth-order valence-corrected chi connectivity index (χ4v) is 4.98. The lowest BCUT2D eigenvalue weighted by Crippen LogP contribution is -2.35. The van der Waals surface area contributed by atoms with E-state index in [9.17, 15) is 4.79 Å². The lowest BCUT2D eigenvalue weighted by atomic mass is 9.75. The van der Waals surface area contributed by atoms with Crippen LogP contribution in [0.15, 0.2) is 42.5 Å². The molecular formula is C28H35ClO4. The van der Waals surface area contributed by atoms with E-state index < -0.39 is 12.6 Å². The maximum absolute atomic E-state index is 11.2. The molecule has 0 radical (unpaired) electrons. The quantitative estimate of drug-likeness (QED) is 0.429. The highest BCUT2D eigenvalue weighted by Crippen LogP contribution is 2.50. The molecular weight excluding hydrogens is 436 g/mol. The van der Waals surface area contributed by atoms with Crippen molar-refractivity contribution in [3.05, 3.63) is 75.3 Å². The van der Waals surface area contributed by atoms with Gasteiger partial charge < -0.3 is 14.6 Å². The van der Waals surface area contributed by atoms with Crippen molar-refractivity contribution in [1.29, 1.82) is 0 Å². The Bertz CT molecular complexity index is 1030. The zero-order valence-electron chi connectivity index (χ0n) is 20.4. The third-order valence-electron chi connectivity index (χ3n) is 6.79. The Kier molecular flexibility index (Phi) is 7.92. The van der Waals surface area contributed by atoms with Gasteiger partial charge in [-0.1, -0.05) is 61.9 Å². The second-order valence-corrected chi connectivity index (χ2v) is 9.98. The third-order valence-corrected chi connectivity index (χ3v) is 7.38. The largest absolute Gasteiger partial charge is 0.482 e. The van der Waals surface area contributed by atoms with Gasteiger partial charge in [0.05, 0.1) is 12.2 Å². The Morgan fingerprint density at radius 1 is 1.27 bits per heavy atom. The van der Waals surface area contributed by atoms with E-state index in [1.165, 1.54) is 11.1 Å². The predicted octanol–water partition coefficient (Wildman–Crippen LogP) is 7.37. The topological polar surface area (TPSA) is 55.8 Å². The van der Waals surface area contributed by atoms with Crippen molar-refractivity contribution < 1.29 is 19.4 Å². The summed E-state index contributed by atoms with van der Waals surface area (Å²) in [5.41, 5.74) is 6.13. The molecule has 0 amide bonds. The van der Waals surface area contributed by atoms with Crippen LogP contribution in [0, 0.1) is 19.8 Å². The van der Waals surface area contributed by atoms with E-state index in [2.05, 4.69) is 51.6 Å². The number of halogens is 1. The summed E-state index contributed by atoms with van der Waals surface area (Å²) in [7, 11) is 0. The summed E-state index contributed by atoms with van der Waals surface area (Å²) < 4.78 is 12.4. The minimum Gasteiger partial charge on any atom is -0.482 e. The highest BCUT2D eigenvalue weighted by Gasteiger charge is 2.40. The number of carbonyl (C=O) groups is 1. The molecule has 1 saturated heterocycles. The highest BCUT2D eigenvalue weighted by molar-refractivity contribution is 6.32. The van der Waals surface area contributed by atoms with E-state index in [1.54, 1.807) is 0 Å². The molecule has 33 heavy (non-hydrogen) atoms. The molecule has 5 heteroatoms. The monoisotopic (exact) mass is 470 g/mol. The fourth-order valence-electron chi connectivity index (χ4n) is 4.82. The SMILES string of the molecule is C=C(C)[C@H]1C[C@H](c2ccc(C(C)C)cc2)[C@H](C)O[C@@H]1c1c(OCC(=O)O)cc(C)c(Cl)c1C. The molecule has 4 nitrogen and oxygen atoms in total. The van der Waals surface area contributed by atoms with E-state index in [1.807, 2.05) is 26.8 Å². The molecule has 1 aliphatic rings. The second kappa shape index (κ2) is 10.3. The van der Waals surface area contributed by atoms with Gasteiger partial charge in [-0.05, 0) is 68.4 Å². The Morgan fingerprint density at radius 3 is 2.45 bits per heavy atom. The molecule has 178 valence electrons. The molecule has 0 bridgehead atoms. The first-order valence-electron chi connectivity index (χ1n) is 11.6. The van der Waals surface area contributed by atoms with Gasteiger partial charge in [0.15, 0.2) is 6.61 Å². The van der Waals surface area contributed by atoms with Crippen LogP contribution in [0.2, 0.25) is 5.02 Å². The Hall–Kier alpha value is -2.30. The Morgan fingerprint density at radius 2 is 1.91 bits per heavy atom. The van der Waals surface area contributed by atoms with Gasteiger partial charge in [-0.25, -0.2) is 4.79 Å². The first kappa shape index (κ1) is 25.3. The molecule has 2 aromatic rings. The summed E-state index contributed by atoms with van der Waals surface area (Å²) >= 11 is 6.62. The summed E-state index contributed by atoms with van der Waals surface area (Å²) in [5, 5.41) is 9.82. The molecule has 0 saturated carbocycles. The van der Waals surface area contributed by atoms with Crippen molar-refractivity contribution in [2.24, 2.45) is 5.92 Å². The van der Waals surface area contributed by atoms with E-state index in [0.717, 1.165) is 28.7 Å². The number of carboxylic acids is 1. The van der Waals surface area contributed by atoms with E-state index in [0.29, 0.717) is 16.7 Å². The Labute approximate surface area is 202 Å². The molecule has 4 atom stereocenters. The average molecular weight is 471 g/mol.